The summed E-state index contributed by atoms with van der Waals surface area (Å²) >= 11 is 4.28. The first kappa shape index (κ1) is 10.1. The minimum absolute atomic E-state index is 0.294. The molecule has 0 aliphatic rings. The summed E-state index contributed by atoms with van der Waals surface area (Å²) in [5, 5.41) is 9.02. The summed E-state index contributed by atoms with van der Waals surface area (Å²) in [6, 6.07) is 1.71. The van der Waals surface area contributed by atoms with E-state index in [0.717, 1.165) is 4.88 Å². The second kappa shape index (κ2) is 3.81. The number of halogens is 3. The van der Waals surface area contributed by atoms with Crippen LogP contribution in [0.25, 0.3) is 0 Å². The first-order valence-electron chi connectivity index (χ1n) is 3.24. The molecule has 1 nitrogen and oxygen atoms in total. The van der Waals surface area contributed by atoms with E-state index in [1.165, 1.54) is 11.3 Å². The minimum atomic E-state index is -2.72. The fourth-order valence-corrected chi connectivity index (χ4v) is 2.69. The van der Waals surface area contributed by atoms with Gasteiger partial charge in [0.05, 0.1) is 4.88 Å². The van der Waals surface area contributed by atoms with E-state index in [1.54, 1.807) is 13.0 Å². The van der Waals surface area contributed by atoms with Crippen LogP contribution < -0.4 is 0 Å². The highest BCUT2D eigenvalue weighted by Gasteiger charge is 2.23. The van der Waals surface area contributed by atoms with Crippen molar-refractivity contribution >= 4 is 27.3 Å². The molecule has 0 aliphatic heterocycles. The van der Waals surface area contributed by atoms with Crippen molar-refractivity contribution in [1.82, 2.24) is 0 Å². The van der Waals surface area contributed by atoms with Gasteiger partial charge in [0.2, 0.25) is 0 Å². The molecule has 1 rings (SSSR count). The number of hydrogen-bond donors (Lipinski definition) is 1. The van der Waals surface area contributed by atoms with Gasteiger partial charge in [-0.15, -0.1) is 11.3 Å². The van der Waals surface area contributed by atoms with Gasteiger partial charge < -0.3 is 5.11 Å². The van der Waals surface area contributed by atoms with Crippen LogP contribution in [0.2, 0.25) is 0 Å². The number of aryl methyl sites for hydroxylation is 1. The molecule has 12 heavy (non-hydrogen) atoms. The predicted octanol–water partition coefficient (Wildman–Crippen LogP) is 3.12. The molecule has 0 fully saturated rings. The van der Waals surface area contributed by atoms with E-state index in [-0.39, 0.29) is 0 Å². The van der Waals surface area contributed by atoms with E-state index >= 15 is 0 Å². The Morgan fingerprint density at radius 1 is 1.58 bits per heavy atom. The molecule has 0 saturated carbocycles. The van der Waals surface area contributed by atoms with Gasteiger partial charge >= 0.3 is 0 Å². The number of rotatable bonds is 2. The fraction of sp³-hybridized carbons (Fsp3) is 0.429. The Morgan fingerprint density at radius 3 is 2.50 bits per heavy atom. The van der Waals surface area contributed by atoms with Crippen molar-refractivity contribution in [2.75, 3.05) is 0 Å². The summed E-state index contributed by atoms with van der Waals surface area (Å²) in [7, 11) is 0. The lowest BCUT2D eigenvalue weighted by molar-refractivity contribution is -0.00405. The Hall–Kier alpha value is -0.0000000000000000555. The van der Waals surface area contributed by atoms with Crippen molar-refractivity contribution in [3.05, 3.63) is 20.3 Å². The Labute approximate surface area is 81.2 Å². The van der Waals surface area contributed by atoms with Gasteiger partial charge in [-0.05, 0) is 28.9 Å². The molecule has 1 aromatic rings. The van der Waals surface area contributed by atoms with Gasteiger partial charge in [-0.25, -0.2) is 8.78 Å². The van der Waals surface area contributed by atoms with E-state index in [4.69, 9.17) is 5.11 Å². The molecular weight excluding hydrogens is 250 g/mol. The van der Waals surface area contributed by atoms with Crippen LogP contribution >= 0.6 is 27.3 Å². The van der Waals surface area contributed by atoms with Gasteiger partial charge in [0.1, 0.15) is 6.10 Å². The maximum atomic E-state index is 12.0. The van der Waals surface area contributed by atoms with Crippen LogP contribution in [-0.4, -0.2) is 11.5 Å². The molecule has 1 unspecified atom stereocenters. The van der Waals surface area contributed by atoms with Crippen LogP contribution in [0, 0.1) is 6.92 Å². The maximum absolute atomic E-state index is 12.0. The Balaban J connectivity index is 2.94. The second-order valence-corrected chi connectivity index (χ2v) is 4.49. The lowest BCUT2D eigenvalue weighted by atomic mass is 10.3. The third-order valence-electron chi connectivity index (χ3n) is 1.34. The molecule has 1 heterocycles. The van der Waals surface area contributed by atoms with Gasteiger partial charge in [0.25, 0.3) is 6.43 Å². The molecular formula is C7H7BrF2OS. The number of hydrogen-bond acceptors (Lipinski definition) is 2. The highest BCUT2D eigenvalue weighted by atomic mass is 79.9. The van der Waals surface area contributed by atoms with Crippen LogP contribution in [0.1, 0.15) is 15.9 Å². The average Bonchev–Trinajstić information content (AvgIpc) is 2.28. The van der Waals surface area contributed by atoms with Crippen LogP contribution in [0.15, 0.2) is 10.5 Å². The molecule has 1 aromatic heterocycles. The average molecular weight is 257 g/mol. The standard InChI is InChI=1S/C7H7BrF2OS/c1-3-2-4(8)6(12-3)5(11)7(9)10/h2,5,7,11H,1H3. The first-order chi connectivity index (χ1) is 5.52. The Bertz CT molecular complexity index is 274. The van der Waals surface area contributed by atoms with Crippen molar-refractivity contribution in [3.63, 3.8) is 0 Å². The monoisotopic (exact) mass is 256 g/mol. The third-order valence-corrected chi connectivity index (χ3v) is 3.38. The summed E-state index contributed by atoms with van der Waals surface area (Å²) in [4.78, 5) is 1.19. The normalized spacial score (nSPS) is 13.8. The summed E-state index contributed by atoms with van der Waals surface area (Å²) in [5.74, 6) is 0. The lowest BCUT2D eigenvalue weighted by Gasteiger charge is -2.06. The van der Waals surface area contributed by atoms with Gasteiger partial charge in [0, 0.05) is 9.35 Å². The predicted molar refractivity (Wildman–Crippen MR) is 47.7 cm³/mol. The summed E-state index contributed by atoms with van der Waals surface area (Å²) in [5.41, 5.74) is 0. The molecule has 1 atom stereocenters. The smallest absolute Gasteiger partial charge is 0.269 e. The van der Waals surface area contributed by atoms with E-state index in [2.05, 4.69) is 15.9 Å². The highest BCUT2D eigenvalue weighted by molar-refractivity contribution is 9.10. The van der Waals surface area contributed by atoms with Crippen molar-refractivity contribution in [2.24, 2.45) is 0 Å². The zero-order chi connectivity index (χ0) is 9.30. The van der Waals surface area contributed by atoms with E-state index in [9.17, 15) is 8.78 Å². The topological polar surface area (TPSA) is 20.2 Å². The van der Waals surface area contributed by atoms with Crippen molar-refractivity contribution in [2.45, 2.75) is 19.5 Å². The van der Waals surface area contributed by atoms with Crippen molar-refractivity contribution in [3.8, 4) is 0 Å². The molecule has 0 spiro atoms. The summed E-state index contributed by atoms with van der Waals surface area (Å²) in [6.07, 6.45) is -4.39. The SMILES string of the molecule is Cc1cc(Br)c(C(O)C(F)F)s1. The maximum Gasteiger partial charge on any atom is 0.269 e. The van der Waals surface area contributed by atoms with Crippen LogP contribution in [0.4, 0.5) is 8.78 Å². The van der Waals surface area contributed by atoms with Crippen LogP contribution in [0.3, 0.4) is 0 Å². The quantitative estimate of drug-likeness (QED) is 0.863. The molecule has 68 valence electrons. The largest absolute Gasteiger partial charge is 0.382 e. The molecule has 0 aromatic carbocycles. The fourth-order valence-electron chi connectivity index (χ4n) is 0.817. The summed E-state index contributed by atoms with van der Waals surface area (Å²) < 4.78 is 24.6. The third kappa shape index (κ3) is 2.02. The van der Waals surface area contributed by atoms with Crippen molar-refractivity contribution < 1.29 is 13.9 Å². The Morgan fingerprint density at radius 2 is 2.17 bits per heavy atom. The van der Waals surface area contributed by atoms with Gasteiger partial charge in [0.15, 0.2) is 0 Å². The number of aliphatic hydroxyl groups excluding tert-OH is 1. The number of alkyl halides is 2. The number of thiophene rings is 1. The molecule has 0 amide bonds. The molecule has 0 bridgehead atoms. The molecule has 0 radical (unpaired) electrons. The minimum Gasteiger partial charge on any atom is -0.382 e. The molecule has 5 heteroatoms. The van der Waals surface area contributed by atoms with Gasteiger partial charge in [-0.1, -0.05) is 0 Å². The lowest BCUT2D eigenvalue weighted by Crippen LogP contribution is -2.06. The second-order valence-electron chi connectivity index (χ2n) is 2.35. The molecule has 0 saturated heterocycles. The number of aliphatic hydroxyl groups is 1. The summed E-state index contributed by atoms with van der Waals surface area (Å²) in [6.45, 7) is 1.80. The zero-order valence-corrected chi connectivity index (χ0v) is 8.62. The van der Waals surface area contributed by atoms with Crippen LogP contribution in [0.5, 0.6) is 0 Å². The first-order valence-corrected chi connectivity index (χ1v) is 4.85. The molecule has 1 N–H and O–H groups in total. The van der Waals surface area contributed by atoms with Crippen molar-refractivity contribution in [1.29, 1.82) is 0 Å². The van der Waals surface area contributed by atoms with E-state index in [0.29, 0.717) is 9.35 Å². The van der Waals surface area contributed by atoms with Gasteiger partial charge in [-0.2, -0.15) is 0 Å². The van der Waals surface area contributed by atoms with Crippen LogP contribution in [-0.2, 0) is 0 Å². The zero-order valence-electron chi connectivity index (χ0n) is 6.22. The Kier molecular flexibility index (Phi) is 3.20. The molecule has 0 aliphatic carbocycles. The van der Waals surface area contributed by atoms with E-state index < -0.39 is 12.5 Å². The van der Waals surface area contributed by atoms with E-state index in [1.807, 2.05) is 0 Å². The highest BCUT2D eigenvalue weighted by Crippen LogP contribution is 2.34. The van der Waals surface area contributed by atoms with Gasteiger partial charge in [-0.3, -0.25) is 0 Å².